The zero-order valence-electron chi connectivity index (χ0n) is 9.27. The molecule has 0 aliphatic rings. The molecule has 1 heterocycles. The zero-order valence-corrected chi connectivity index (χ0v) is 9.27. The Kier molecular flexibility index (Phi) is 5.26. The molecule has 0 aromatic carbocycles. The lowest BCUT2D eigenvalue weighted by Crippen LogP contribution is -2.29. The van der Waals surface area contributed by atoms with Crippen molar-refractivity contribution in [3.05, 3.63) is 23.9 Å². The molecule has 1 atom stereocenters. The quantitative estimate of drug-likeness (QED) is 0.602. The minimum atomic E-state index is -0.333. The third-order valence-electron chi connectivity index (χ3n) is 1.91. The average molecular weight is 220 g/mol. The number of pyridine rings is 1. The van der Waals surface area contributed by atoms with Gasteiger partial charge in [-0.05, 0) is 19.1 Å². The van der Waals surface area contributed by atoms with Crippen LogP contribution in [0, 0.1) is 11.3 Å². The Bertz CT molecular complexity index is 359. The summed E-state index contributed by atoms with van der Waals surface area (Å²) in [7, 11) is 0. The molecule has 86 valence electrons. The molecule has 0 aliphatic heterocycles. The Hall–Kier alpha value is -1.64. The van der Waals surface area contributed by atoms with Crippen molar-refractivity contribution in [3.8, 4) is 6.07 Å². The van der Waals surface area contributed by atoms with Crippen LogP contribution in [0.25, 0.3) is 0 Å². The van der Waals surface area contributed by atoms with E-state index in [1.165, 1.54) is 0 Å². The Morgan fingerprint density at radius 2 is 2.31 bits per heavy atom. The molecular formula is C11H16N4O. The summed E-state index contributed by atoms with van der Waals surface area (Å²) in [6.45, 7) is 3.75. The molecule has 1 unspecified atom stereocenters. The van der Waals surface area contributed by atoms with Gasteiger partial charge in [-0.25, -0.2) is 4.98 Å². The van der Waals surface area contributed by atoms with E-state index in [1.807, 2.05) is 12.1 Å². The molecule has 1 rings (SSSR count). The summed E-state index contributed by atoms with van der Waals surface area (Å²) in [4.78, 5) is 4.07. The first-order valence-electron chi connectivity index (χ1n) is 5.22. The molecule has 0 bridgehead atoms. The number of hydrogen-bond acceptors (Lipinski definition) is 5. The topological polar surface area (TPSA) is 81.0 Å². The molecule has 0 saturated heterocycles. The zero-order chi connectivity index (χ0) is 11.8. The van der Waals surface area contributed by atoms with Crippen LogP contribution in [0.5, 0.6) is 0 Å². The van der Waals surface area contributed by atoms with Crippen molar-refractivity contribution >= 4 is 5.82 Å². The van der Waals surface area contributed by atoms with Gasteiger partial charge >= 0.3 is 0 Å². The van der Waals surface area contributed by atoms with Gasteiger partial charge in [0.1, 0.15) is 17.6 Å². The molecule has 0 aliphatic carbocycles. The van der Waals surface area contributed by atoms with Gasteiger partial charge in [0.25, 0.3) is 0 Å². The van der Waals surface area contributed by atoms with Gasteiger partial charge in [0.2, 0.25) is 0 Å². The first-order chi connectivity index (χ1) is 7.72. The smallest absolute Gasteiger partial charge is 0.142 e. The minimum Gasteiger partial charge on any atom is -0.392 e. The Morgan fingerprint density at radius 3 is 3.00 bits per heavy atom. The summed E-state index contributed by atoms with van der Waals surface area (Å²) in [5.74, 6) is 0.692. The van der Waals surface area contributed by atoms with Crippen LogP contribution in [0.15, 0.2) is 18.2 Å². The predicted octanol–water partition coefficient (Wildman–Crippen LogP) is 0.336. The van der Waals surface area contributed by atoms with E-state index in [9.17, 15) is 0 Å². The van der Waals surface area contributed by atoms with Gasteiger partial charge in [-0.3, -0.25) is 0 Å². The second kappa shape index (κ2) is 6.77. The van der Waals surface area contributed by atoms with Crippen LogP contribution in [0.2, 0.25) is 0 Å². The summed E-state index contributed by atoms with van der Waals surface area (Å²) in [6, 6.07) is 7.25. The summed E-state index contributed by atoms with van der Waals surface area (Å²) in [5.41, 5.74) is 0.405. The molecular weight excluding hydrogens is 204 g/mol. The molecule has 0 amide bonds. The molecule has 5 nitrogen and oxygen atoms in total. The summed E-state index contributed by atoms with van der Waals surface area (Å²) < 4.78 is 0. The lowest BCUT2D eigenvalue weighted by Gasteiger charge is -2.08. The Morgan fingerprint density at radius 1 is 1.50 bits per heavy atom. The van der Waals surface area contributed by atoms with Crippen LogP contribution >= 0.6 is 0 Å². The largest absolute Gasteiger partial charge is 0.392 e. The van der Waals surface area contributed by atoms with Crippen LogP contribution < -0.4 is 10.6 Å². The number of nitrogens with one attached hydrogen (secondary N) is 2. The van der Waals surface area contributed by atoms with E-state index >= 15 is 0 Å². The number of anilines is 1. The van der Waals surface area contributed by atoms with Crippen molar-refractivity contribution in [3.63, 3.8) is 0 Å². The van der Waals surface area contributed by atoms with Crippen molar-refractivity contribution in [1.29, 1.82) is 5.26 Å². The van der Waals surface area contributed by atoms with Gasteiger partial charge in [-0.1, -0.05) is 6.07 Å². The highest BCUT2D eigenvalue weighted by Crippen LogP contribution is 2.02. The minimum absolute atomic E-state index is 0.333. The van der Waals surface area contributed by atoms with Gasteiger partial charge in [-0.15, -0.1) is 0 Å². The van der Waals surface area contributed by atoms with Gasteiger partial charge in [0.15, 0.2) is 0 Å². The SMILES string of the molecule is CC(O)CNCCNc1cccc(C#N)n1. The van der Waals surface area contributed by atoms with Gasteiger partial charge < -0.3 is 15.7 Å². The summed E-state index contributed by atoms with van der Waals surface area (Å²) in [6.07, 6.45) is -0.333. The second-order valence-electron chi connectivity index (χ2n) is 3.50. The fraction of sp³-hybridized carbons (Fsp3) is 0.455. The van der Waals surface area contributed by atoms with Gasteiger partial charge in [-0.2, -0.15) is 5.26 Å². The molecule has 0 spiro atoms. The van der Waals surface area contributed by atoms with E-state index in [1.54, 1.807) is 19.1 Å². The normalized spacial score (nSPS) is 11.8. The highest BCUT2D eigenvalue weighted by molar-refractivity contribution is 5.38. The maximum absolute atomic E-state index is 9.01. The molecule has 16 heavy (non-hydrogen) atoms. The van der Waals surface area contributed by atoms with Crippen molar-refractivity contribution in [2.24, 2.45) is 0 Å². The predicted molar refractivity (Wildman–Crippen MR) is 62.0 cm³/mol. The maximum Gasteiger partial charge on any atom is 0.142 e. The fourth-order valence-corrected chi connectivity index (χ4v) is 1.19. The van der Waals surface area contributed by atoms with E-state index in [4.69, 9.17) is 10.4 Å². The third-order valence-corrected chi connectivity index (χ3v) is 1.91. The molecule has 0 radical (unpaired) electrons. The summed E-state index contributed by atoms with van der Waals surface area (Å²) >= 11 is 0. The first-order valence-corrected chi connectivity index (χ1v) is 5.22. The van der Waals surface area contributed by atoms with Crippen molar-refractivity contribution in [2.45, 2.75) is 13.0 Å². The van der Waals surface area contributed by atoms with E-state index in [0.29, 0.717) is 24.6 Å². The number of aliphatic hydroxyl groups excluding tert-OH is 1. The standard InChI is InChI=1S/C11H16N4O/c1-9(16)8-13-5-6-14-11-4-2-3-10(7-12)15-11/h2-4,9,13,16H,5-6,8H2,1H3,(H,14,15). The van der Waals surface area contributed by atoms with Crippen LogP contribution in [-0.2, 0) is 0 Å². The van der Waals surface area contributed by atoms with Crippen molar-refractivity contribution < 1.29 is 5.11 Å². The number of aliphatic hydroxyl groups is 1. The summed E-state index contributed by atoms with van der Waals surface area (Å²) in [5, 5.41) is 23.8. The Balaban J connectivity index is 2.24. The first kappa shape index (κ1) is 12.4. The molecule has 1 aromatic rings. The molecule has 0 saturated carbocycles. The number of aromatic nitrogens is 1. The highest BCUT2D eigenvalue weighted by Gasteiger charge is 1.96. The number of nitriles is 1. The third kappa shape index (κ3) is 4.73. The van der Waals surface area contributed by atoms with Gasteiger partial charge in [0.05, 0.1) is 6.10 Å². The van der Waals surface area contributed by atoms with Crippen LogP contribution in [0.1, 0.15) is 12.6 Å². The molecule has 5 heteroatoms. The average Bonchev–Trinajstić information content (AvgIpc) is 2.28. The van der Waals surface area contributed by atoms with E-state index in [0.717, 1.165) is 6.54 Å². The molecule has 3 N–H and O–H groups in total. The Labute approximate surface area is 95.1 Å². The van der Waals surface area contributed by atoms with Crippen LogP contribution in [0.3, 0.4) is 0 Å². The monoisotopic (exact) mass is 220 g/mol. The number of rotatable bonds is 6. The van der Waals surface area contributed by atoms with Crippen LogP contribution in [0.4, 0.5) is 5.82 Å². The lowest BCUT2D eigenvalue weighted by atomic mass is 10.3. The molecule has 0 fully saturated rings. The highest BCUT2D eigenvalue weighted by atomic mass is 16.3. The van der Waals surface area contributed by atoms with E-state index in [2.05, 4.69) is 15.6 Å². The second-order valence-corrected chi connectivity index (χ2v) is 3.50. The maximum atomic E-state index is 9.01. The van der Waals surface area contributed by atoms with E-state index < -0.39 is 0 Å². The van der Waals surface area contributed by atoms with Crippen molar-refractivity contribution in [2.75, 3.05) is 25.0 Å². The van der Waals surface area contributed by atoms with Crippen molar-refractivity contribution in [1.82, 2.24) is 10.3 Å². The van der Waals surface area contributed by atoms with E-state index in [-0.39, 0.29) is 6.10 Å². The van der Waals surface area contributed by atoms with Gasteiger partial charge in [0, 0.05) is 19.6 Å². The number of hydrogen-bond donors (Lipinski definition) is 3. The number of nitrogens with zero attached hydrogens (tertiary/aromatic N) is 2. The molecule has 1 aromatic heterocycles. The lowest BCUT2D eigenvalue weighted by molar-refractivity contribution is 0.192. The fourth-order valence-electron chi connectivity index (χ4n) is 1.19. The van der Waals surface area contributed by atoms with Crippen LogP contribution in [-0.4, -0.2) is 35.8 Å².